The Kier molecular flexibility index (Phi) is 16.6. The first-order chi connectivity index (χ1) is 21.5. The maximum atomic E-state index is 12.3. The minimum atomic E-state index is -0.137. The first-order valence-electron chi connectivity index (χ1n) is 15.4. The van der Waals surface area contributed by atoms with Gasteiger partial charge in [-0.15, -0.1) is 0 Å². The molecular formula is C31H46N6O6S. The van der Waals surface area contributed by atoms with Crippen LogP contribution in [0.4, 0.5) is 4.79 Å². The van der Waals surface area contributed by atoms with Gasteiger partial charge in [0.05, 0.1) is 38.5 Å². The SMILES string of the molecule is CC(/C=C\c1ccc(C(=O)NCCCOCCOCCOCCCNC(=O)CCCCC2SCC3NC(=O)NC32)cc1)=[N+]=[N-]. The van der Waals surface area contributed by atoms with Crippen molar-refractivity contribution in [1.82, 2.24) is 21.3 Å². The topological polar surface area (TPSA) is 163 Å². The van der Waals surface area contributed by atoms with Gasteiger partial charge in [-0.1, -0.05) is 18.6 Å². The molecule has 1 aromatic carbocycles. The maximum absolute atomic E-state index is 12.3. The zero-order valence-corrected chi connectivity index (χ0v) is 26.4. The van der Waals surface area contributed by atoms with Crippen molar-refractivity contribution in [3.63, 3.8) is 0 Å². The van der Waals surface area contributed by atoms with Crippen LogP contribution in [0.2, 0.25) is 0 Å². The van der Waals surface area contributed by atoms with E-state index in [9.17, 15) is 14.4 Å². The largest absolute Gasteiger partial charge is 0.379 e. The van der Waals surface area contributed by atoms with Gasteiger partial charge in [0.25, 0.3) is 11.6 Å². The number of nitrogens with zero attached hydrogens (tertiary/aromatic N) is 2. The van der Waals surface area contributed by atoms with Gasteiger partial charge in [0.15, 0.2) is 0 Å². The number of ether oxygens (including phenoxy) is 3. The smallest absolute Gasteiger partial charge is 0.315 e. The van der Waals surface area contributed by atoms with Gasteiger partial charge in [0, 0.05) is 62.3 Å². The molecule has 2 heterocycles. The fourth-order valence-corrected chi connectivity index (χ4v) is 6.32. The highest BCUT2D eigenvalue weighted by Gasteiger charge is 2.42. The average Bonchev–Trinajstić information content (AvgIpc) is 3.59. The van der Waals surface area contributed by atoms with E-state index in [1.807, 2.05) is 30.0 Å². The average molecular weight is 631 g/mol. The molecule has 1 aromatic rings. The molecule has 0 saturated carbocycles. The fraction of sp³-hybridized carbons (Fsp3) is 0.613. The van der Waals surface area contributed by atoms with Crippen molar-refractivity contribution < 1.29 is 33.4 Å². The van der Waals surface area contributed by atoms with Crippen molar-refractivity contribution in [2.24, 2.45) is 0 Å². The van der Waals surface area contributed by atoms with Gasteiger partial charge in [0.1, 0.15) is 0 Å². The third-order valence-corrected chi connectivity index (χ3v) is 8.72. The van der Waals surface area contributed by atoms with E-state index in [4.69, 9.17) is 19.7 Å². The summed E-state index contributed by atoms with van der Waals surface area (Å²) >= 11 is 1.90. The molecule has 0 radical (unpaired) electrons. The number of nitrogens with one attached hydrogen (secondary N) is 4. The van der Waals surface area contributed by atoms with Crippen LogP contribution in [0.1, 0.15) is 61.4 Å². The summed E-state index contributed by atoms with van der Waals surface area (Å²) in [6, 6.07) is 7.58. The van der Waals surface area contributed by atoms with Crippen LogP contribution >= 0.6 is 11.8 Å². The van der Waals surface area contributed by atoms with Gasteiger partial charge < -0.3 is 41.0 Å². The molecule has 0 aliphatic carbocycles. The molecule has 4 N–H and O–H groups in total. The fourth-order valence-electron chi connectivity index (χ4n) is 4.78. The predicted octanol–water partition coefficient (Wildman–Crippen LogP) is 2.79. The Hall–Kier alpha value is -3.22. The molecule has 3 atom stereocenters. The summed E-state index contributed by atoms with van der Waals surface area (Å²) in [5.74, 6) is 0.898. The number of thioether (sulfide) groups is 1. The van der Waals surface area contributed by atoms with Crippen LogP contribution in [-0.4, -0.2) is 104 Å². The van der Waals surface area contributed by atoms with E-state index in [0.717, 1.165) is 37.0 Å². The van der Waals surface area contributed by atoms with Crippen LogP contribution in [-0.2, 0) is 19.0 Å². The van der Waals surface area contributed by atoms with Crippen LogP contribution < -0.4 is 21.3 Å². The van der Waals surface area contributed by atoms with Gasteiger partial charge >= 0.3 is 6.03 Å². The lowest BCUT2D eigenvalue weighted by Gasteiger charge is -2.16. The zero-order chi connectivity index (χ0) is 31.4. The van der Waals surface area contributed by atoms with Gasteiger partial charge in [-0.25, -0.2) is 4.79 Å². The van der Waals surface area contributed by atoms with E-state index in [-0.39, 0.29) is 29.9 Å². The minimum Gasteiger partial charge on any atom is -0.379 e. The van der Waals surface area contributed by atoms with E-state index < -0.39 is 0 Å². The lowest BCUT2D eigenvalue weighted by Crippen LogP contribution is -2.36. The van der Waals surface area contributed by atoms with Gasteiger partial charge in [-0.3, -0.25) is 9.59 Å². The van der Waals surface area contributed by atoms with E-state index in [2.05, 4.69) is 26.1 Å². The number of urea groups is 1. The zero-order valence-electron chi connectivity index (χ0n) is 25.6. The number of carbonyl (C=O) groups excluding carboxylic acids is 3. The number of rotatable bonds is 22. The molecule has 3 unspecified atom stereocenters. The molecule has 44 heavy (non-hydrogen) atoms. The monoisotopic (exact) mass is 630 g/mol. The second-order valence-electron chi connectivity index (χ2n) is 10.7. The Bertz CT molecular complexity index is 1130. The van der Waals surface area contributed by atoms with Gasteiger partial charge in [-0.2, -0.15) is 16.6 Å². The lowest BCUT2D eigenvalue weighted by atomic mass is 10.0. The number of hydrogen-bond donors (Lipinski definition) is 4. The molecule has 0 bridgehead atoms. The second kappa shape index (κ2) is 20.7. The summed E-state index contributed by atoms with van der Waals surface area (Å²) in [6.45, 7) is 5.81. The van der Waals surface area contributed by atoms with E-state index in [1.54, 1.807) is 25.1 Å². The van der Waals surface area contributed by atoms with Crippen molar-refractivity contribution in [2.75, 3.05) is 58.5 Å². The summed E-state index contributed by atoms with van der Waals surface area (Å²) in [5, 5.41) is 12.2. The van der Waals surface area contributed by atoms with Crippen molar-refractivity contribution in [2.45, 2.75) is 62.8 Å². The van der Waals surface area contributed by atoms with Crippen LogP contribution in [0.3, 0.4) is 0 Å². The molecule has 2 aliphatic heterocycles. The first kappa shape index (κ1) is 35.3. The molecule has 242 valence electrons. The molecule has 0 spiro atoms. The van der Waals surface area contributed by atoms with Crippen molar-refractivity contribution >= 4 is 41.4 Å². The number of carbonyl (C=O) groups is 3. The Morgan fingerprint density at radius 3 is 2.30 bits per heavy atom. The standard InChI is InChI=1S/C31H46N6O6S/c1-23(37-32)8-9-24-10-12-25(13-11-24)30(39)34-15-5-17-42-19-21-43-20-18-41-16-4-14-33-28(38)7-3-2-6-27-29-26(22-44-27)35-31(40)36-29/h8-13,26-27,29H,2-7,14-22H2,1H3,(H,33,38)(H,34,39)(H2,35,36,40)/b9-8-. The van der Waals surface area contributed by atoms with E-state index in [0.29, 0.717) is 82.1 Å². The Morgan fingerprint density at radius 1 is 0.955 bits per heavy atom. The van der Waals surface area contributed by atoms with Gasteiger partial charge in [-0.05, 0) is 49.5 Å². The quantitative estimate of drug-likeness (QED) is 0.0503. The molecule has 13 heteroatoms. The van der Waals surface area contributed by atoms with E-state index >= 15 is 0 Å². The van der Waals surface area contributed by atoms with Crippen LogP contribution in [0.15, 0.2) is 30.3 Å². The summed E-state index contributed by atoms with van der Waals surface area (Å²) in [5.41, 5.74) is 10.7. The molecule has 12 nitrogen and oxygen atoms in total. The van der Waals surface area contributed by atoms with Crippen LogP contribution in [0.5, 0.6) is 0 Å². The number of hydrogen-bond acceptors (Lipinski definition) is 7. The van der Waals surface area contributed by atoms with Crippen molar-refractivity contribution in [1.29, 1.82) is 0 Å². The second-order valence-corrected chi connectivity index (χ2v) is 12.0. The van der Waals surface area contributed by atoms with Crippen LogP contribution in [0, 0.1) is 0 Å². The van der Waals surface area contributed by atoms with Crippen molar-refractivity contribution in [3.05, 3.63) is 47.0 Å². The normalized spacial score (nSPS) is 18.8. The third-order valence-electron chi connectivity index (χ3n) is 7.21. The lowest BCUT2D eigenvalue weighted by molar-refractivity contribution is -0.121. The highest BCUT2D eigenvalue weighted by Crippen LogP contribution is 2.33. The van der Waals surface area contributed by atoms with Gasteiger partial charge in [0.2, 0.25) is 5.91 Å². The Balaban J connectivity index is 1.04. The maximum Gasteiger partial charge on any atom is 0.315 e. The summed E-state index contributed by atoms with van der Waals surface area (Å²) in [4.78, 5) is 38.8. The van der Waals surface area contributed by atoms with E-state index in [1.165, 1.54) is 0 Å². The number of benzene rings is 1. The molecule has 2 aliphatic rings. The summed E-state index contributed by atoms with van der Waals surface area (Å²) in [6.07, 6.45) is 8.33. The molecule has 4 amide bonds. The number of unbranched alkanes of at least 4 members (excludes halogenated alkanes) is 1. The predicted molar refractivity (Wildman–Crippen MR) is 171 cm³/mol. The minimum absolute atomic E-state index is 0.0595. The molecule has 0 aromatic heterocycles. The number of allylic oxidation sites excluding steroid dienone is 1. The van der Waals surface area contributed by atoms with Crippen LogP contribution in [0.25, 0.3) is 11.6 Å². The highest BCUT2D eigenvalue weighted by molar-refractivity contribution is 8.00. The number of amides is 4. The summed E-state index contributed by atoms with van der Waals surface area (Å²) in [7, 11) is 0. The molecule has 2 fully saturated rings. The first-order valence-corrected chi connectivity index (χ1v) is 16.4. The third kappa shape index (κ3) is 13.6. The highest BCUT2D eigenvalue weighted by atomic mass is 32.2. The molecule has 2 saturated heterocycles. The Labute approximate surface area is 264 Å². The van der Waals surface area contributed by atoms with Crippen molar-refractivity contribution in [3.8, 4) is 0 Å². The summed E-state index contributed by atoms with van der Waals surface area (Å²) < 4.78 is 16.6. The number of fused-ring (bicyclic) bond motifs is 1. The molecule has 3 rings (SSSR count). The molecular weight excluding hydrogens is 584 g/mol. The Morgan fingerprint density at radius 2 is 1.61 bits per heavy atom.